The predicted octanol–water partition coefficient (Wildman–Crippen LogP) is 3.97. The highest BCUT2D eigenvalue weighted by Gasteiger charge is 2.12. The number of carbonyl (C=O) groups is 1. The molecule has 2 heterocycles. The molecule has 0 radical (unpaired) electrons. The molecule has 0 bridgehead atoms. The fourth-order valence-electron chi connectivity index (χ4n) is 3.47. The first kappa shape index (κ1) is 26.7. The van der Waals surface area contributed by atoms with Crippen molar-refractivity contribution in [1.82, 2.24) is 15.0 Å². The summed E-state index contributed by atoms with van der Waals surface area (Å²) in [6.07, 6.45) is 4.12. The minimum atomic E-state index is -2.98. The molecule has 2 aromatic heterocycles. The number of pyridine rings is 1. The SMILES string of the molecule is NCc1ccc(NC(=O)c2ccc(CS(=O)[O-])cc2)cc1Nc1nccc(-c2cncc(OC(F)F)c2)n1. The maximum absolute atomic E-state index is 12.7. The van der Waals surface area contributed by atoms with Crippen LogP contribution in [0.1, 0.15) is 21.5 Å². The fourth-order valence-corrected chi connectivity index (χ4v) is 3.93. The van der Waals surface area contributed by atoms with Gasteiger partial charge in [-0.1, -0.05) is 29.3 Å². The minimum absolute atomic E-state index is 0.102. The van der Waals surface area contributed by atoms with E-state index < -0.39 is 17.7 Å². The van der Waals surface area contributed by atoms with Gasteiger partial charge in [0, 0.05) is 47.2 Å². The van der Waals surface area contributed by atoms with Crippen molar-refractivity contribution in [2.75, 3.05) is 10.6 Å². The van der Waals surface area contributed by atoms with Crippen LogP contribution in [0.2, 0.25) is 0 Å². The van der Waals surface area contributed by atoms with Crippen LogP contribution in [0.3, 0.4) is 0 Å². The molecule has 196 valence electrons. The zero-order valence-electron chi connectivity index (χ0n) is 19.6. The number of amides is 1. The molecule has 0 aliphatic rings. The molecule has 13 heteroatoms. The van der Waals surface area contributed by atoms with Gasteiger partial charge >= 0.3 is 6.61 Å². The fraction of sp³-hybridized carbons (Fsp3) is 0.120. The molecule has 0 saturated carbocycles. The third-order valence-corrected chi connectivity index (χ3v) is 5.79. The van der Waals surface area contributed by atoms with Crippen LogP contribution in [0.5, 0.6) is 5.75 Å². The first-order valence-electron chi connectivity index (χ1n) is 11.1. The molecular formula is C25H21F2N6O4S-. The van der Waals surface area contributed by atoms with Gasteiger partial charge in [-0.05, 0) is 47.5 Å². The van der Waals surface area contributed by atoms with Crippen LogP contribution in [-0.4, -0.2) is 36.2 Å². The van der Waals surface area contributed by atoms with Crippen LogP contribution < -0.4 is 21.1 Å². The van der Waals surface area contributed by atoms with E-state index in [0.29, 0.717) is 33.8 Å². The Bertz CT molecular complexity index is 1460. The van der Waals surface area contributed by atoms with Crippen molar-refractivity contribution in [3.63, 3.8) is 0 Å². The van der Waals surface area contributed by atoms with Crippen molar-refractivity contribution in [3.8, 4) is 17.0 Å². The van der Waals surface area contributed by atoms with Crippen molar-refractivity contribution >= 4 is 34.3 Å². The molecule has 1 atom stereocenters. The number of aromatic nitrogens is 3. The van der Waals surface area contributed by atoms with E-state index >= 15 is 0 Å². The van der Waals surface area contributed by atoms with E-state index in [0.717, 1.165) is 5.56 Å². The molecule has 38 heavy (non-hydrogen) atoms. The van der Waals surface area contributed by atoms with Gasteiger partial charge in [-0.2, -0.15) is 8.78 Å². The number of alkyl halides is 2. The first-order chi connectivity index (χ1) is 18.3. The van der Waals surface area contributed by atoms with Gasteiger partial charge in [0.25, 0.3) is 5.91 Å². The number of carbonyl (C=O) groups excluding carboxylic acids is 1. The molecule has 10 nitrogen and oxygen atoms in total. The molecule has 4 rings (SSSR count). The van der Waals surface area contributed by atoms with Crippen LogP contribution in [0.4, 0.5) is 26.1 Å². The summed E-state index contributed by atoms with van der Waals surface area (Å²) < 4.78 is 51.2. The normalized spacial score (nSPS) is 11.7. The number of nitrogens with two attached hydrogens (primary N) is 1. The molecule has 0 fully saturated rings. The van der Waals surface area contributed by atoms with Crippen LogP contribution >= 0.6 is 0 Å². The van der Waals surface area contributed by atoms with E-state index in [4.69, 9.17) is 5.73 Å². The summed E-state index contributed by atoms with van der Waals surface area (Å²) in [5.74, 6) is -0.420. The van der Waals surface area contributed by atoms with Gasteiger partial charge in [0.2, 0.25) is 5.95 Å². The molecule has 4 N–H and O–H groups in total. The number of nitrogens with one attached hydrogen (secondary N) is 2. The summed E-state index contributed by atoms with van der Waals surface area (Å²) in [4.78, 5) is 25.2. The Hall–Kier alpha value is -4.33. The lowest BCUT2D eigenvalue weighted by Gasteiger charge is -2.14. The molecule has 1 unspecified atom stereocenters. The number of hydrogen-bond donors (Lipinski definition) is 3. The highest BCUT2D eigenvalue weighted by molar-refractivity contribution is 7.78. The Labute approximate surface area is 218 Å². The lowest BCUT2D eigenvalue weighted by Crippen LogP contribution is -2.13. The van der Waals surface area contributed by atoms with Gasteiger partial charge in [0.05, 0.1) is 11.9 Å². The summed E-state index contributed by atoms with van der Waals surface area (Å²) >= 11 is -2.22. The van der Waals surface area contributed by atoms with E-state index in [1.54, 1.807) is 48.5 Å². The molecule has 0 spiro atoms. The van der Waals surface area contributed by atoms with Crippen LogP contribution in [0, 0.1) is 0 Å². The first-order valence-corrected chi connectivity index (χ1v) is 12.3. The molecule has 2 aromatic carbocycles. The van der Waals surface area contributed by atoms with E-state index in [9.17, 15) is 22.3 Å². The Balaban J connectivity index is 1.52. The average Bonchev–Trinajstić information content (AvgIpc) is 2.89. The summed E-state index contributed by atoms with van der Waals surface area (Å²) in [6.45, 7) is -2.79. The van der Waals surface area contributed by atoms with Crippen molar-refractivity contribution in [2.24, 2.45) is 5.73 Å². The van der Waals surface area contributed by atoms with E-state index in [1.807, 2.05) is 0 Å². The topological polar surface area (TPSA) is 155 Å². The zero-order valence-corrected chi connectivity index (χ0v) is 20.5. The van der Waals surface area contributed by atoms with Crippen molar-refractivity contribution < 1.29 is 27.1 Å². The molecule has 0 saturated heterocycles. The molecular weight excluding hydrogens is 518 g/mol. The monoisotopic (exact) mass is 539 g/mol. The van der Waals surface area contributed by atoms with Gasteiger partial charge in [-0.3, -0.25) is 14.0 Å². The third-order valence-electron chi connectivity index (χ3n) is 5.22. The summed E-state index contributed by atoms with van der Waals surface area (Å²) in [7, 11) is 0. The van der Waals surface area contributed by atoms with Gasteiger partial charge in [0.1, 0.15) is 5.75 Å². The Morgan fingerprint density at radius 2 is 1.89 bits per heavy atom. The number of benzene rings is 2. The number of anilines is 3. The second-order valence-electron chi connectivity index (χ2n) is 7.85. The molecule has 4 aromatic rings. The van der Waals surface area contributed by atoms with Crippen molar-refractivity contribution in [1.29, 1.82) is 0 Å². The lowest BCUT2D eigenvalue weighted by atomic mass is 10.1. The number of rotatable bonds is 10. The Kier molecular flexibility index (Phi) is 8.63. The van der Waals surface area contributed by atoms with Gasteiger partial charge in [-0.15, -0.1) is 0 Å². The molecule has 1 amide bonds. The molecule has 0 aliphatic heterocycles. The second kappa shape index (κ2) is 12.3. The number of hydrogen-bond acceptors (Lipinski definition) is 9. The Morgan fingerprint density at radius 1 is 1.11 bits per heavy atom. The lowest BCUT2D eigenvalue weighted by molar-refractivity contribution is -0.0500. The number of ether oxygens (including phenoxy) is 1. The highest BCUT2D eigenvalue weighted by Crippen LogP contribution is 2.26. The number of nitrogens with zero attached hydrogens (tertiary/aromatic N) is 3. The third kappa shape index (κ3) is 7.12. The quantitative estimate of drug-likeness (QED) is 0.254. The van der Waals surface area contributed by atoms with Crippen LogP contribution in [0.15, 0.2) is 73.2 Å². The van der Waals surface area contributed by atoms with Crippen LogP contribution in [0.25, 0.3) is 11.3 Å². The van der Waals surface area contributed by atoms with Gasteiger partial charge in [0.15, 0.2) is 0 Å². The smallest absolute Gasteiger partial charge is 0.387 e. The number of halogens is 2. The van der Waals surface area contributed by atoms with E-state index in [2.05, 4.69) is 30.3 Å². The van der Waals surface area contributed by atoms with Crippen molar-refractivity contribution in [2.45, 2.75) is 18.9 Å². The standard InChI is InChI=1S/C25H22F2N6O4S/c26-24(27)37-20-9-18(12-29-13-20)21-7-8-30-25(32-21)33-22-10-19(6-5-17(22)11-28)31-23(34)16-3-1-15(2-4-16)14-38(35)36/h1-10,12-13,24H,11,14,28H2,(H,31,34)(H,35,36)(H,30,32,33)/p-1. The van der Waals surface area contributed by atoms with Crippen molar-refractivity contribution in [3.05, 3.63) is 89.9 Å². The summed E-state index contributed by atoms with van der Waals surface area (Å²) in [6, 6.07) is 14.3. The van der Waals surface area contributed by atoms with E-state index in [1.165, 1.54) is 24.7 Å². The average molecular weight is 540 g/mol. The van der Waals surface area contributed by atoms with Crippen LogP contribution in [-0.2, 0) is 23.4 Å². The largest absolute Gasteiger partial charge is 0.772 e. The van der Waals surface area contributed by atoms with Gasteiger partial charge in [-0.25, -0.2) is 9.97 Å². The summed E-state index contributed by atoms with van der Waals surface area (Å²) in [5, 5.41) is 5.87. The summed E-state index contributed by atoms with van der Waals surface area (Å²) in [5.41, 5.74) is 9.40. The Morgan fingerprint density at radius 3 is 2.61 bits per heavy atom. The minimum Gasteiger partial charge on any atom is -0.772 e. The maximum atomic E-state index is 12.7. The predicted molar refractivity (Wildman–Crippen MR) is 137 cm³/mol. The molecule has 0 aliphatic carbocycles. The second-order valence-corrected chi connectivity index (χ2v) is 8.75. The maximum Gasteiger partial charge on any atom is 0.387 e. The van der Waals surface area contributed by atoms with Gasteiger partial charge < -0.3 is 25.7 Å². The zero-order chi connectivity index (χ0) is 27.1. The van der Waals surface area contributed by atoms with E-state index in [-0.39, 0.29) is 29.9 Å². The highest BCUT2D eigenvalue weighted by atomic mass is 32.2.